The standard InChI is InChI=1S/C23H36O5/c1-20-7-8-22(25-9-10-26-22)14-18(20)19(24)13-15-16(20)3-5-21(2)17(15)4-6-23(21)27-11-12-28-23/h15-19,24H,3-14H2,1-2H3/t15-,16+,17+,18-,19-,20-,21+/m1/s1. The molecule has 28 heavy (non-hydrogen) atoms. The van der Waals surface area contributed by atoms with E-state index in [0.29, 0.717) is 36.9 Å². The van der Waals surface area contributed by atoms with Gasteiger partial charge in [0.05, 0.1) is 32.5 Å². The van der Waals surface area contributed by atoms with E-state index >= 15 is 0 Å². The molecule has 6 rings (SSSR count). The summed E-state index contributed by atoms with van der Waals surface area (Å²) in [7, 11) is 0. The fourth-order valence-corrected chi connectivity index (χ4v) is 8.87. The van der Waals surface area contributed by atoms with Gasteiger partial charge >= 0.3 is 0 Å². The van der Waals surface area contributed by atoms with Crippen molar-refractivity contribution in [3.63, 3.8) is 0 Å². The predicted octanol–water partition coefficient (Wildman–Crippen LogP) is 3.49. The Morgan fingerprint density at radius 2 is 1.43 bits per heavy atom. The zero-order valence-corrected chi connectivity index (χ0v) is 17.5. The maximum Gasteiger partial charge on any atom is 0.174 e. The van der Waals surface area contributed by atoms with E-state index in [1.807, 2.05) is 0 Å². The van der Waals surface area contributed by atoms with Crippen LogP contribution in [0.1, 0.15) is 65.2 Å². The first-order valence-electron chi connectivity index (χ1n) is 11.7. The molecular weight excluding hydrogens is 356 g/mol. The third-order valence-electron chi connectivity index (χ3n) is 10.3. The molecule has 7 atom stereocenters. The van der Waals surface area contributed by atoms with Gasteiger partial charge in [0.15, 0.2) is 11.6 Å². The number of fused-ring (bicyclic) bond motifs is 6. The van der Waals surface area contributed by atoms with E-state index in [1.54, 1.807) is 0 Å². The quantitative estimate of drug-likeness (QED) is 0.684. The van der Waals surface area contributed by atoms with Gasteiger partial charge in [-0.1, -0.05) is 13.8 Å². The number of hydrogen-bond donors (Lipinski definition) is 1. The van der Waals surface area contributed by atoms with Crippen molar-refractivity contribution in [2.75, 3.05) is 26.4 Å². The molecule has 5 heteroatoms. The van der Waals surface area contributed by atoms with Crippen molar-refractivity contribution >= 4 is 0 Å². The Morgan fingerprint density at radius 1 is 0.750 bits per heavy atom. The largest absolute Gasteiger partial charge is 0.393 e. The zero-order chi connectivity index (χ0) is 19.2. The normalized spacial score (nSPS) is 53.9. The van der Waals surface area contributed by atoms with Gasteiger partial charge in [0.2, 0.25) is 0 Å². The Balaban J connectivity index is 1.31. The molecule has 0 aromatic rings. The maximum absolute atomic E-state index is 11.3. The van der Waals surface area contributed by atoms with Crippen molar-refractivity contribution in [2.45, 2.75) is 82.9 Å². The van der Waals surface area contributed by atoms with Gasteiger partial charge in [-0.3, -0.25) is 0 Å². The van der Waals surface area contributed by atoms with Crippen LogP contribution in [0, 0.1) is 34.5 Å². The van der Waals surface area contributed by atoms with Crippen molar-refractivity contribution in [3.05, 3.63) is 0 Å². The Bertz CT molecular complexity index is 639. The minimum atomic E-state index is -0.413. The number of ether oxygens (including phenoxy) is 4. The van der Waals surface area contributed by atoms with Crippen molar-refractivity contribution in [1.29, 1.82) is 0 Å². The highest BCUT2D eigenvalue weighted by molar-refractivity contribution is 5.14. The number of aliphatic hydroxyl groups is 1. The number of hydrogen-bond acceptors (Lipinski definition) is 5. The summed E-state index contributed by atoms with van der Waals surface area (Å²) in [5.41, 5.74) is 0.290. The summed E-state index contributed by atoms with van der Waals surface area (Å²) in [6, 6.07) is 0. The molecule has 0 bridgehead atoms. The van der Waals surface area contributed by atoms with Gasteiger partial charge < -0.3 is 24.1 Å². The van der Waals surface area contributed by atoms with E-state index in [2.05, 4.69) is 13.8 Å². The summed E-state index contributed by atoms with van der Waals surface area (Å²) in [5.74, 6) is 1.40. The van der Waals surface area contributed by atoms with E-state index in [1.165, 1.54) is 19.3 Å². The van der Waals surface area contributed by atoms with Gasteiger partial charge in [-0.2, -0.15) is 0 Å². The van der Waals surface area contributed by atoms with Crippen molar-refractivity contribution in [2.24, 2.45) is 34.5 Å². The van der Waals surface area contributed by atoms with Gasteiger partial charge in [-0.05, 0) is 61.2 Å². The van der Waals surface area contributed by atoms with Crippen molar-refractivity contribution in [3.8, 4) is 0 Å². The van der Waals surface area contributed by atoms with Gasteiger partial charge in [0.25, 0.3) is 0 Å². The third-order valence-corrected chi connectivity index (χ3v) is 10.3. The summed E-state index contributed by atoms with van der Waals surface area (Å²) >= 11 is 0. The van der Waals surface area contributed by atoms with Crippen LogP contribution in [0.15, 0.2) is 0 Å². The minimum absolute atomic E-state index is 0.0984. The van der Waals surface area contributed by atoms with E-state index in [-0.39, 0.29) is 22.7 Å². The van der Waals surface area contributed by atoms with Crippen LogP contribution in [-0.4, -0.2) is 49.2 Å². The van der Waals surface area contributed by atoms with E-state index in [4.69, 9.17) is 18.9 Å². The minimum Gasteiger partial charge on any atom is -0.393 e. The SMILES string of the molecule is C[C@]12CCC3(C[C@@H]1[C@H](O)C[C@@H]1[C@@H]2CC[C@@]2(C)[C@H]1CCC21OCCO1)OCCO3. The lowest BCUT2D eigenvalue weighted by Gasteiger charge is -2.63. The predicted molar refractivity (Wildman–Crippen MR) is 102 cm³/mol. The van der Waals surface area contributed by atoms with Crippen LogP contribution < -0.4 is 0 Å². The molecule has 158 valence electrons. The molecule has 0 radical (unpaired) electrons. The van der Waals surface area contributed by atoms with Crippen molar-refractivity contribution < 1.29 is 24.1 Å². The fourth-order valence-electron chi connectivity index (χ4n) is 8.87. The molecule has 0 unspecified atom stereocenters. The Morgan fingerprint density at radius 3 is 2.18 bits per heavy atom. The molecular formula is C23H36O5. The van der Waals surface area contributed by atoms with Crippen LogP contribution in [0.3, 0.4) is 0 Å². The molecule has 4 saturated carbocycles. The molecule has 2 heterocycles. The zero-order valence-electron chi connectivity index (χ0n) is 17.5. The molecule has 0 aromatic heterocycles. The molecule has 0 amide bonds. The van der Waals surface area contributed by atoms with Crippen LogP contribution in [0.5, 0.6) is 0 Å². The highest BCUT2D eigenvalue weighted by Gasteiger charge is 2.69. The summed E-state index contributed by atoms with van der Waals surface area (Å²) in [4.78, 5) is 0. The van der Waals surface area contributed by atoms with Crippen LogP contribution in [0.4, 0.5) is 0 Å². The molecule has 0 aromatic carbocycles. The number of rotatable bonds is 0. The smallest absolute Gasteiger partial charge is 0.174 e. The van der Waals surface area contributed by atoms with E-state index in [0.717, 1.165) is 45.3 Å². The Hall–Kier alpha value is -0.200. The van der Waals surface area contributed by atoms with Gasteiger partial charge in [0, 0.05) is 24.7 Å². The summed E-state index contributed by atoms with van der Waals surface area (Å²) < 4.78 is 24.6. The fraction of sp³-hybridized carbons (Fsp3) is 1.00. The highest BCUT2D eigenvalue weighted by Crippen LogP contribution is 2.70. The average molecular weight is 393 g/mol. The molecule has 6 fully saturated rings. The summed E-state index contributed by atoms with van der Waals surface area (Å²) in [5, 5.41) is 11.3. The lowest BCUT2D eigenvalue weighted by molar-refractivity contribution is -0.269. The lowest BCUT2D eigenvalue weighted by Crippen LogP contribution is -2.61. The second-order valence-corrected chi connectivity index (χ2v) is 11.0. The number of aliphatic hydroxyl groups excluding tert-OH is 1. The average Bonchev–Trinajstić information content (AvgIpc) is 3.39. The van der Waals surface area contributed by atoms with Gasteiger partial charge in [-0.25, -0.2) is 0 Å². The van der Waals surface area contributed by atoms with Crippen LogP contribution in [0.2, 0.25) is 0 Å². The van der Waals surface area contributed by atoms with E-state index in [9.17, 15) is 5.11 Å². The molecule has 6 aliphatic rings. The lowest BCUT2D eigenvalue weighted by atomic mass is 9.44. The second-order valence-electron chi connectivity index (χ2n) is 11.0. The molecule has 2 aliphatic heterocycles. The first-order valence-corrected chi connectivity index (χ1v) is 11.7. The second kappa shape index (κ2) is 5.94. The van der Waals surface area contributed by atoms with Crippen molar-refractivity contribution in [1.82, 2.24) is 0 Å². The van der Waals surface area contributed by atoms with Gasteiger partial charge in [-0.15, -0.1) is 0 Å². The molecule has 2 saturated heterocycles. The van der Waals surface area contributed by atoms with E-state index < -0.39 is 5.79 Å². The molecule has 5 nitrogen and oxygen atoms in total. The summed E-state index contributed by atoms with van der Waals surface area (Å²) in [6.07, 6.45) is 8.27. The maximum atomic E-state index is 11.3. The Kier molecular flexibility index (Phi) is 3.94. The molecule has 4 aliphatic carbocycles. The van der Waals surface area contributed by atoms with Crippen LogP contribution >= 0.6 is 0 Å². The monoisotopic (exact) mass is 392 g/mol. The molecule has 2 spiro atoms. The highest BCUT2D eigenvalue weighted by atomic mass is 16.7. The van der Waals surface area contributed by atoms with Crippen LogP contribution in [-0.2, 0) is 18.9 Å². The first-order chi connectivity index (χ1) is 13.4. The first kappa shape index (κ1) is 18.6. The third kappa shape index (κ3) is 2.21. The summed E-state index contributed by atoms with van der Waals surface area (Å²) in [6.45, 7) is 7.77. The molecule has 1 N–H and O–H groups in total. The Labute approximate surface area is 168 Å². The topological polar surface area (TPSA) is 57.2 Å². The van der Waals surface area contributed by atoms with Gasteiger partial charge in [0.1, 0.15) is 0 Å². The van der Waals surface area contributed by atoms with Crippen LogP contribution in [0.25, 0.3) is 0 Å².